The lowest BCUT2D eigenvalue weighted by atomic mass is 9.74. The molecule has 1 amide bonds. The van der Waals surface area contributed by atoms with Gasteiger partial charge in [0.15, 0.2) is 0 Å². The predicted octanol–water partition coefficient (Wildman–Crippen LogP) is 10.2. The van der Waals surface area contributed by atoms with Crippen LogP contribution >= 0.6 is 46.4 Å². The molecule has 2 aliphatic heterocycles. The molecule has 50 heavy (non-hydrogen) atoms. The first kappa shape index (κ1) is 36.5. The fourth-order valence-electron chi connectivity index (χ4n) is 7.06. The topological polar surface area (TPSA) is 63.6 Å². The molecule has 1 saturated heterocycles. The van der Waals surface area contributed by atoms with E-state index in [-0.39, 0.29) is 30.6 Å². The van der Waals surface area contributed by atoms with Gasteiger partial charge in [-0.2, -0.15) is 0 Å². The summed E-state index contributed by atoms with van der Waals surface area (Å²) in [5.74, 6) is -0.134. The minimum atomic E-state index is -0.310. The fourth-order valence-corrected chi connectivity index (χ4v) is 7.94. The summed E-state index contributed by atoms with van der Waals surface area (Å²) in [6.07, 6.45) is 2.30. The van der Waals surface area contributed by atoms with Gasteiger partial charge in [-0.3, -0.25) is 4.90 Å². The summed E-state index contributed by atoms with van der Waals surface area (Å²) < 4.78 is 11.9. The van der Waals surface area contributed by atoms with Gasteiger partial charge in [0.25, 0.3) is 0 Å². The van der Waals surface area contributed by atoms with Crippen molar-refractivity contribution >= 4 is 63.9 Å². The highest BCUT2D eigenvalue weighted by Crippen LogP contribution is 2.47. The monoisotopic (exact) mass is 753 g/mol. The molecule has 1 fully saturated rings. The van der Waals surface area contributed by atoms with E-state index in [1.54, 1.807) is 6.07 Å². The second-order valence-electron chi connectivity index (χ2n) is 12.8. The van der Waals surface area contributed by atoms with Crippen molar-refractivity contribution in [3.8, 4) is 0 Å². The molecule has 0 bridgehead atoms. The number of nitrogens with zero attached hydrogens (tertiary/aromatic N) is 3. The molecular weight excluding hydrogens is 716 g/mol. The molecule has 6 rings (SSSR count). The molecule has 0 radical (unpaired) electrons. The van der Waals surface area contributed by atoms with Crippen molar-refractivity contribution in [2.24, 2.45) is 5.16 Å². The standard InChI is InChI=1S/C39H39Cl4N3O4/c1-48-44-36(25-49-23-28-19-30(40)22-31(41)20-28)32(29-11-12-34(42)35(43)21-29)13-16-45-17-14-39(15-18-45)26-46(37-10-6-5-9-33(37)39)38(47)50-24-27-7-3-2-4-8-27/h2-12,19-22,32H,13-18,23-26H2,1H3/b44-36-. The van der Waals surface area contributed by atoms with Gasteiger partial charge in [-0.05, 0) is 97.5 Å². The molecule has 0 saturated carbocycles. The SMILES string of the molecule is CO/N=C(/COCc1cc(Cl)cc(Cl)c1)C(CCN1CCC2(CC1)CN(C(=O)OCc1ccccc1)c1ccccc12)c1ccc(Cl)c(Cl)c1. The quantitative estimate of drug-likeness (QED) is 0.106. The van der Waals surface area contributed by atoms with Gasteiger partial charge in [-0.15, -0.1) is 0 Å². The van der Waals surface area contributed by atoms with E-state index in [2.05, 4.69) is 22.2 Å². The minimum Gasteiger partial charge on any atom is -0.444 e. The third-order valence-electron chi connectivity index (χ3n) is 9.60. The van der Waals surface area contributed by atoms with Crippen LogP contribution < -0.4 is 4.90 Å². The van der Waals surface area contributed by atoms with Crippen LogP contribution in [-0.2, 0) is 32.9 Å². The maximum atomic E-state index is 13.4. The van der Waals surface area contributed by atoms with Crippen molar-refractivity contribution < 1.29 is 19.1 Å². The predicted molar refractivity (Wildman–Crippen MR) is 202 cm³/mol. The van der Waals surface area contributed by atoms with E-state index < -0.39 is 0 Å². The zero-order chi connectivity index (χ0) is 35.1. The van der Waals surface area contributed by atoms with Crippen LogP contribution in [0.1, 0.15) is 47.4 Å². The fraction of sp³-hybridized carbons (Fsp3) is 0.333. The summed E-state index contributed by atoms with van der Waals surface area (Å²) in [7, 11) is 1.53. The average molecular weight is 756 g/mol. The van der Waals surface area contributed by atoms with Crippen LogP contribution in [0.15, 0.2) is 96.2 Å². The number of piperidine rings is 1. The summed E-state index contributed by atoms with van der Waals surface area (Å²) in [6.45, 7) is 3.99. The molecule has 4 aromatic rings. The van der Waals surface area contributed by atoms with Crippen molar-refractivity contribution in [2.75, 3.05) is 44.8 Å². The largest absolute Gasteiger partial charge is 0.444 e. The average Bonchev–Trinajstić information content (AvgIpc) is 3.43. The van der Waals surface area contributed by atoms with Gasteiger partial charge in [0.2, 0.25) is 0 Å². The van der Waals surface area contributed by atoms with Gasteiger partial charge in [-0.1, -0.05) is 106 Å². The van der Waals surface area contributed by atoms with Crippen molar-refractivity contribution in [3.05, 3.63) is 133 Å². The van der Waals surface area contributed by atoms with Crippen LogP contribution in [0.4, 0.5) is 10.5 Å². The van der Waals surface area contributed by atoms with E-state index >= 15 is 0 Å². The Kier molecular flexibility index (Phi) is 12.3. The number of hydrogen-bond acceptors (Lipinski definition) is 6. The molecule has 262 valence electrons. The Labute approximate surface area is 313 Å². The Hall–Kier alpha value is -3.30. The number of carbonyl (C=O) groups is 1. The van der Waals surface area contributed by atoms with E-state index in [0.29, 0.717) is 33.2 Å². The third kappa shape index (κ3) is 8.76. The zero-order valence-corrected chi connectivity index (χ0v) is 30.8. The molecule has 0 N–H and O–H groups in total. The second kappa shape index (κ2) is 16.8. The molecule has 7 nitrogen and oxygen atoms in total. The van der Waals surface area contributed by atoms with Gasteiger partial charge >= 0.3 is 6.09 Å². The maximum absolute atomic E-state index is 13.4. The molecule has 1 unspecified atom stereocenters. The van der Waals surface area contributed by atoms with Crippen LogP contribution in [0.25, 0.3) is 0 Å². The number of carbonyl (C=O) groups excluding carboxylic acids is 1. The Bertz CT molecular complexity index is 1790. The van der Waals surface area contributed by atoms with Gasteiger partial charge < -0.3 is 19.2 Å². The number of fused-ring (bicyclic) bond motifs is 2. The van der Waals surface area contributed by atoms with Crippen molar-refractivity contribution in [1.82, 2.24) is 4.90 Å². The molecule has 2 heterocycles. The number of amides is 1. The second-order valence-corrected chi connectivity index (χ2v) is 14.5. The number of benzene rings is 4. The molecule has 1 spiro atoms. The molecule has 0 aromatic heterocycles. The van der Waals surface area contributed by atoms with E-state index in [1.807, 2.05) is 77.7 Å². The van der Waals surface area contributed by atoms with Crippen LogP contribution in [-0.4, -0.2) is 56.6 Å². The van der Waals surface area contributed by atoms with Crippen LogP contribution in [0.3, 0.4) is 0 Å². The van der Waals surface area contributed by atoms with Gasteiger partial charge in [0.05, 0.1) is 34.7 Å². The van der Waals surface area contributed by atoms with Gasteiger partial charge in [-0.25, -0.2) is 4.79 Å². The molecular formula is C39H39Cl4N3O4. The summed E-state index contributed by atoms with van der Waals surface area (Å²) in [6, 6.07) is 29.0. The zero-order valence-electron chi connectivity index (χ0n) is 27.8. The van der Waals surface area contributed by atoms with Gasteiger partial charge in [0.1, 0.15) is 13.7 Å². The number of hydrogen-bond donors (Lipinski definition) is 0. The molecule has 4 aromatic carbocycles. The van der Waals surface area contributed by atoms with E-state index in [1.165, 1.54) is 12.7 Å². The smallest absolute Gasteiger partial charge is 0.414 e. The first-order valence-corrected chi connectivity index (χ1v) is 18.1. The number of halogens is 4. The van der Waals surface area contributed by atoms with Crippen LogP contribution in [0.5, 0.6) is 0 Å². The molecule has 0 aliphatic carbocycles. The Morgan fingerprint density at radius 2 is 1.56 bits per heavy atom. The number of likely N-dealkylation sites (tertiary alicyclic amines) is 1. The molecule has 11 heteroatoms. The number of para-hydroxylation sites is 1. The highest BCUT2D eigenvalue weighted by atomic mass is 35.5. The summed E-state index contributed by atoms with van der Waals surface area (Å²) in [5.41, 5.74) is 5.59. The number of anilines is 1. The first-order chi connectivity index (χ1) is 24.2. The molecule has 1 atom stereocenters. The maximum Gasteiger partial charge on any atom is 0.414 e. The highest BCUT2D eigenvalue weighted by Gasteiger charge is 2.46. The van der Waals surface area contributed by atoms with Crippen molar-refractivity contribution in [1.29, 1.82) is 0 Å². The number of ether oxygens (including phenoxy) is 2. The van der Waals surface area contributed by atoms with E-state index in [9.17, 15) is 4.79 Å². The summed E-state index contributed by atoms with van der Waals surface area (Å²) >= 11 is 25.2. The lowest BCUT2D eigenvalue weighted by Gasteiger charge is -2.40. The van der Waals surface area contributed by atoms with Gasteiger partial charge in [0, 0.05) is 27.9 Å². The van der Waals surface area contributed by atoms with E-state index in [0.717, 1.165) is 67.0 Å². The van der Waals surface area contributed by atoms with Crippen LogP contribution in [0.2, 0.25) is 20.1 Å². The Morgan fingerprint density at radius 1 is 0.840 bits per heavy atom. The minimum absolute atomic E-state index is 0.123. The lowest BCUT2D eigenvalue weighted by Crippen LogP contribution is -2.46. The normalized spacial score (nSPS) is 16.3. The summed E-state index contributed by atoms with van der Waals surface area (Å²) in [4.78, 5) is 23.0. The summed E-state index contributed by atoms with van der Waals surface area (Å²) in [5, 5.41) is 6.49. The lowest BCUT2D eigenvalue weighted by molar-refractivity contribution is 0.138. The van der Waals surface area contributed by atoms with Crippen molar-refractivity contribution in [2.45, 2.75) is 43.8 Å². The first-order valence-electron chi connectivity index (χ1n) is 16.6. The third-order valence-corrected chi connectivity index (χ3v) is 10.8. The van der Waals surface area contributed by atoms with Crippen LogP contribution in [0, 0.1) is 0 Å². The number of oxime groups is 1. The Balaban J connectivity index is 1.12. The van der Waals surface area contributed by atoms with E-state index in [4.69, 9.17) is 60.7 Å². The van der Waals surface area contributed by atoms with Crippen molar-refractivity contribution in [3.63, 3.8) is 0 Å². The number of rotatable bonds is 12. The Morgan fingerprint density at radius 3 is 2.28 bits per heavy atom. The molecule has 2 aliphatic rings. The highest BCUT2D eigenvalue weighted by molar-refractivity contribution is 6.42.